The van der Waals surface area contributed by atoms with Crippen LogP contribution in [0.3, 0.4) is 0 Å². The summed E-state index contributed by atoms with van der Waals surface area (Å²) in [6, 6.07) is 0. The van der Waals surface area contributed by atoms with Crippen LogP contribution in [0.15, 0.2) is 0 Å². The van der Waals surface area contributed by atoms with Gasteiger partial charge in [0.05, 0.1) is 11.4 Å². The van der Waals surface area contributed by atoms with Crippen LogP contribution in [0.4, 0.5) is 0 Å². The predicted molar refractivity (Wildman–Crippen MR) is 63.3 cm³/mol. The average Bonchev–Trinajstić information content (AvgIpc) is 2.18. The Bertz CT molecular complexity index is 178. The summed E-state index contributed by atoms with van der Waals surface area (Å²) in [6.07, 6.45) is 0.932. The van der Waals surface area contributed by atoms with Crippen LogP contribution in [-0.4, -0.2) is 56.2 Å². The van der Waals surface area contributed by atoms with Crippen LogP contribution < -0.4 is 0 Å². The summed E-state index contributed by atoms with van der Waals surface area (Å²) in [5.74, 6) is 0.00371. The molecule has 0 rings (SSSR count). The van der Waals surface area contributed by atoms with Crippen LogP contribution in [-0.2, 0) is 14.3 Å². The van der Waals surface area contributed by atoms with Gasteiger partial charge >= 0.3 is 0 Å². The molecule has 0 N–H and O–H groups in total. The maximum absolute atomic E-state index is 11.5. The smallest absolute Gasteiger partial charge is 0.248 e. The predicted octanol–water partition coefficient (Wildman–Crippen LogP) is 1.28. The molecule has 0 fully saturated rings. The maximum Gasteiger partial charge on any atom is 0.248 e. The normalized spacial score (nSPS) is 12.5. The van der Waals surface area contributed by atoms with Gasteiger partial charge in [0.2, 0.25) is 5.91 Å². The number of carbonyl (C=O) groups excluding carboxylic acids is 1. The second kappa shape index (κ2) is 9.12. The third-order valence-corrected chi connectivity index (χ3v) is 2.37. The Morgan fingerprint density at radius 2 is 2.20 bits per heavy atom. The lowest BCUT2D eigenvalue weighted by molar-refractivity contribution is -0.134. The number of likely N-dealkylation sites (N-methyl/N-ethyl adjacent to an activating group) is 1. The van der Waals surface area contributed by atoms with Gasteiger partial charge in [0.25, 0.3) is 0 Å². The molecule has 0 radical (unpaired) electrons. The Morgan fingerprint density at radius 1 is 1.53 bits per heavy atom. The number of hydrogen-bond donors (Lipinski definition) is 0. The molecule has 0 aliphatic carbocycles. The largest absolute Gasteiger partial charge is 0.383 e. The van der Waals surface area contributed by atoms with Crippen molar-refractivity contribution in [3.63, 3.8) is 0 Å². The molecule has 1 atom stereocenters. The van der Waals surface area contributed by atoms with E-state index in [0.717, 1.165) is 6.42 Å². The Hall–Kier alpha value is -0.130. The van der Waals surface area contributed by atoms with E-state index in [9.17, 15) is 4.79 Å². The van der Waals surface area contributed by atoms with E-state index in [-0.39, 0.29) is 17.3 Å². The highest BCUT2D eigenvalue weighted by Gasteiger charge is 2.13. The first-order valence-corrected chi connectivity index (χ1v) is 5.98. The Labute approximate surface area is 100 Å². The fraction of sp³-hybridized carbons (Fsp3) is 0.900. The van der Waals surface area contributed by atoms with Gasteiger partial charge in [-0.1, -0.05) is 22.9 Å². The quantitative estimate of drug-likeness (QED) is 0.497. The van der Waals surface area contributed by atoms with Gasteiger partial charge in [-0.25, -0.2) is 0 Å². The molecule has 0 saturated carbocycles. The van der Waals surface area contributed by atoms with Gasteiger partial charge in [-0.05, 0) is 6.42 Å². The zero-order valence-corrected chi connectivity index (χ0v) is 11.2. The van der Waals surface area contributed by atoms with Crippen LogP contribution in [0.25, 0.3) is 0 Å². The number of alkyl halides is 1. The van der Waals surface area contributed by atoms with Crippen LogP contribution in [0.5, 0.6) is 0 Å². The molecule has 0 aromatic rings. The van der Waals surface area contributed by atoms with Gasteiger partial charge in [0.1, 0.15) is 6.61 Å². The standard InChI is InChI=1S/C10H20BrNO3/c1-4-5-15-8-10(13)12(2)6-9(11)7-14-3/h9H,4-8H2,1-3H3. The van der Waals surface area contributed by atoms with E-state index < -0.39 is 0 Å². The molecule has 4 nitrogen and oxygen atoms in total. The van der Waals surface area contributed by atoms with Crippen LogP contribution in [0.1, 0.15) is 13.3 Å². The van der Waals surface area contributed by atoms with E-state index in [1.54, 1.807) is 19.1 Å². The Balaban J connectivity index is 3.68. The minimum atomic E-state index is 0.00371. The Morgan fingerprint density at radius 3 is 2.73 bits per heavy atom. The van der Waals surface area contributed by atoms with Crippen LogP contribution in [0.2, 0.25) is 0 Å². The van der Waals surface area contributed by atoms with Crippen LogP contribution >= 0.6 is 15.9 Å². The second-order valence-electron chi connectivity index (χ2n) is 3.38. The van der Waals surface area contributed by atoms with Crippen molar-refractivity contribution in [2.24, 2.45) is 0 Å². The molecule has 5 heteroatoms. The van der Waals surface area contributed by atoms with E-state index in [1.165, 1.54) is 0 Å². The van der Waals surface area contributed by atoms with Crippen molar-refractivity contribution >= 4 is 21.8 Å². The summed E-state index contributed by atoms with van der Waals surface area (Å²) < 4.78 is 10.1. The number of methoxy groups -OCH3 is 1. The fourth-order valence-corrected chi connectivity index (χ4v) is 1.75. The van der Waals surface area contributed by atoms with Crippen molar-refractivity contribution < 1.29 is 14.3 Å². The van der Waals surface area contributed by atoms with Crippen molar-refractivity contribution in [2.45, 2.75) is 18.2 Å². The first-order chi connectivity index (χ1) is 7.11. The molecule has 0 heterocycles. The van der Waals surface area contributed by atoms with E-state index in [4.69, 9.17) is 9.47 Å². The van der Waals surface area contributed by atoms with Crippen molar-refractivity contribution in [3.05, 3.63) is 0 Å². The zero-order valence-electron chi connectivity index (χ0n) is 9.66. The topological polar surface area (TPSA) is 38.8 Å². The fourth-order valence-electron chi connectivity index (χ4n) is 1.05. The van der Waals surface area contributed by atoms with Gasteiger partial charge in [-0.15, -0.1) is 0 Å². The molecule has 0 spiro atoms. The van der Waals surface area contributed by atoms with Crippen molar-refractivity contribution in [2.75, 3.05) is 40.5 Å². The molecule has 0 aliphatic heterocycles. The molecule has 0 bridgehead atoms. The van der Waals surface area contributed by atoms with Crippen LogP contribution in [0, 0.1) is 0 Å². The highest BCUT2D eigenvalue weighted by molar-refractivity contribution is 9.09. The second-order valence-corrected chi connectivity index (χ2v) is 4.67. The van der Waals surface area contributed by atoms with Crippen molar-refractivity contribution in [1.82, 2.24) is 4.90 Å². The third-order valence-electron chi connectivity index (χ3n) is 1.82. The van der Waals surface area contributed by atoms with Gasteiger partial charge in [-0.2, -0.15) is 0 Å². The SMILES string of the molecule is CCCOCC(=O)N(C)CC(Br)COC. The Kier molecular flexibility index (Phi) is 9.04. The monoisotopic (exact) mass is 281 g/mol. The lowest BCUT2D eigenvalue weighted by atomic mass is 10.4. The maximum atomic E-state index is 11.5. The highest BCUT2D eigenvalue weighted by atomic mass is 79.9. The summed E-state index contributed by atoms with van der Waals surface area (Å²) in [5.41, 5.74) is 0. The van der Waals surface area contributed by atoms with E-state index >= 15 is 0 Å². The number of rotatable bonds is 8. The molecule has 90 valence electrons. The minimum absolute atomic E-state index is 0.00371. The number of halogens is 1. The molecular weight excluding hydrogens is 262 g/mol. The summed E-state index contributed by atoms with van der Waals surface area (Å²) in [4.78, 5) is 13.3. The average molecular weight is 282 g/mol. The van der Waals surface area contributed by atoms with E-state index in [0.29, 0.717) is 19.8 Å². The van der Waals surface area contributed by atoms with Gasteiger partial charge < -0.3 is 14.4 Å². The van der Waals surface area contributed by atoms with Gasteiger partial charge in [0, 0.05) is 27.3 Å². The lowest BCUT2D eigenvalue weighted by Crippen LogP contribution is -2.36. The lowest BCUT2D eigenvalue weighted by Gasteiger charge is -2.20. The van der Waals surface area contributed by atoms with Gasteiger partial charge in [0.15, 0.2) is 0 Å². The number of hydrogen-bond acceptors (Lipinski definition) is 3. The van der Waals surface area contributed by atoms with Crippen molar-refractivity contribution in [1.29, 1.82) is 0 Å². The summed E-state index contributed by atoms with van der Waals surface area (Å²) in [6.45, 7) is 4.03. The van der Waals surface area contributed by atoms with E-state index in [1.807, 2.05) is 6.92 Å². The summed E-state index contributed by atoms with van der Waals surface area (Å²) >= 11 is 3.43. The van der Waals surface area contributed by atoms with Gasteiger partial charge in [-0.3, -0.25) is 4.79 Å². The molecular formula is C10H20BrNO3. The number of ether oxygens (including phenoxy) is 2. The minimum Gasteiger partial charge on any atom is -0.383 e. The molecule has 0 aromatic heterocycles. The summed E-state index contributed by atoms with van der Waals surface area (Å²) in [5, 5.41) is 0. The molecule has 0 saturated heterocycles. The van der Waals surface area contributed by atoms with Crippen molar-refractivity contribution in [3.8, 4) is 0 Å². The molecule has 0 aromatic carbocycles. The number of nitrogens with zero attached hydrogens (tertiary/aromatic N) is 1. The highest BCUT2D eigenvalue weighted by Crippen LogP contribution is 2.02. The first kappa shape index (κ1) is 14.9. The number of carbonyl (C=O) groups is 1. The van der Waals surface area contributed by atoms with E-state index in [2.05, 4.69) is 15.9 Å². The number of amides is 1. The first-order valence-electron chi connectivity index (χ1n) is 5.06. The molecule has 15 heavy (non-hydrogen) atoms. The third kappa shape index (κ3) is 7.76. The molecule has 1 unspecified atom stereocenters. The summed E-state index contributed by atoms with van der Waals surface area (Å²) in [7, 11) is 3.40. The molecule has 0 aliphatic rings. The zero-order chi connectivity index (χ0) is 11.7. The molecule has 1 amide bonds.